The van der Waals surface area contributed by atoms with Crippen LogP contribution in [0.25, 0.3) is 22.2 Å². The maximum absolute atomic E-state index is 15.3. The zero-order chi connectivity index (χ0) is 23.4. The lowest BCUT2D eigenvalue weighted by Crippen LogP contribution is -2.22. The zero-order valence-corrected chi connectivity index (χ0v) is 19.0. The van der Waals surface area contributed by atoms with Crippen LogP contribution in [-0.4, -0.2) is 47.1 Å². The van der Waals surface area contributed by atoms with Gasteiger partial charge in [0.2, 0.25) is 0 Å². The van der Waals surface area contributed by atoms with E-state index >= 15 is 4.39 Å². The van der Waals surface area contributed by atoms with E-state index in [1.54, 1.807) is 23.1 Å². The summed E-state index contributed by atoms with van der Waals surface area (Å²) in [5.74, 6) is 0.719. The molecule has 0 saturated heterocycles. The first-order valence-electron chi connectivity index (χ1n) is 10.7. The summed E-state index contributed by atoms with van der Waals surface area (Å²) in [6.07, 6.45) is 7.07. The molecular formula is C24H27FN6O2. The number of benzene rings is 1. The van der Waals surface area contributed by atoms with E-state index in [0.29, 0.717) is 35.9 Å². The van der Waals surface area contributed by atoms with Crippen molar-refractivity contribution in [3.05, 3.63) is 54.7 Å². The van der Waals surface area contributed by atoms with E-state index in [0.717, 1.165) is 29.5 Å². The van der Waals surface area contributed by atoms with Crippen molar-refractivity contribution < 1.29 is 13.9 Å². The number of nitrogens with two attached hydrogens (primary N) is 1. The maximum atomic E-state index is 15.3. The second-order valence-electron chi connectivity index (χ2n) is 7.64. The Morgan fingerprint density at radius 2 is 1.88 bits per heavy atom. The van der Waals surface area contributed by atoms with Gasteiger partial charge in [-0.2, -0.15) is 5.10 Å². The summed E-state index contributed by atoms with van der Waals surface area (Å²) in [6, 6.07) is 8.86. The first-order chi connectivity index (χ1) is 16.0. The number of aromatic nitrogens is 4. The molecular weight excluding hydrogens is 423 g/mol. The third-order valence-electron chi connectivity index (χ3n) is 5.41. The number of ether oxygens (including phenoxy) is 2. The van der Waals surface area contributed by atoms with Crippen molar-refractivity contribution in [2.45, 2.75) is 12.8 Å². The Balaban J connectivity index is 1.81. The summed E-state index contributed by atoms with van der Waals surface area (Å²) in [7, 11) is 4.83. The third kappa shape index (κ3) is 4.73. The Morgan fingerprint density at radius 1 is 1.03 bits per heavy atom. The standard InChI is InChI=1S/C24H27FN6O2/c1-30-15-17(14-28-30)16-10-20-19(27-13-16)6-7-23(29-20)31(9-5-4-8-26)21-11-18(32-2)12-22(33-3)24(21)25/h6-7,10-15H,4-5,8-9,26H2,1-3H3. The second kappa shape index (κ2) is 9.83. The molecule has 4 aromatic rings. The van der Waals surface area contributed by atoms with Gasteiger partial charge in [0, 0.05) is 49.2 Å². The van der Waals surface area contributed by atoms with Crippen molar-refractivity contribution >= 4 is 22.5 Å². The highest BCUT2D eigenvalue weighted by molar-refractivity contribution is 5.82. The molecule has 0 aliphatic heterocycles. The number of hydrogen-bond donors (Lipinski definition) is 1. The van der Waals surface area contributed by atoms with Crippen molar-refractivity contribution in [3.63, 3.8) is 0 Å². The molecule has 0 aliphatic rings. The maximum Gasteiger partial charge on any atom is 0.188 e. The van der Waals surface area contributed by atoms with Crippen molar-refractivity contribution in [1.82, 2.24) is 19.7 Å². The van der Waals surface area contributed by atoms with E-state index in [1.807, 2.05) is 36.3 Å². The fourth-order valence-corrected chi connectivity index (χ4v) is 3.67. The molecule has 0 bridgehead atoms. The topological polar surface area (TPSA) is 91.3 Å². The number of nitrogens with zero attached hydrogens (tertiary/aromatic N) is 5. The van der Waals surface area contributed by atoms with E-state index in [1.165, 1.54) is 20.3 Å². The van der Waals surface area contributed by atoms with Gasteiger partial charge in [-0.05, 0) is 37.6 Å². The minimum atomic E-state index is -0.477. The van der Waals surface area contributed by atoms with Gasteiger partial charge in [-0.1, -0.05) is 0 Å². The van der Waals surface area contributed by atoms with E-state index in [2.05, 4.69) is 10.1 Å². The van der Waals surface area contributed by atoms with Crippen LogP contribution in [0.1, 0.15) is 12.8 Å². The molecule has 0 amide bonds. The minimum absolute atomic E-state index is 0.106. The predicted molar refractivity (Wildman–Crippen MR) is 127 cm³/mol. The second-order valence-corrected chi connectivity index (χ2v) is 7.64. The van der Waals surface area contributed by atoms with Gasteiger partial charge in [-0.3, -0.25) is 9.67 Å². The molecule has 0 unspecified atom stereocenters. The van der Waals surface area contributed by atoms with Crippen LogP contribution in [0.15, 0.2) is 48.9 Å². The number of anilines is 2. The predicted octanol–water partition coefficient (Wildman–Crippen LogP) is 4.06. The fourth-order valence-electron chi connectivity index (χ4n) is 3.67. The number of fused-ring (bicyclic) bond motifs is 1. The first kappa shape index (κ1) is 22.5. The van der Waals surface area contributed by atoms with Crippen LogP contribution in [0.5, 0.6) is 11.5 Å². The largest absolute Gasteiger partial charge is 0.497 e. The molecule has 172 valence electrons. The summed E-state index contributed by atoms with van der Waals surface area (Å²) < 4.78 is 27.7. The number of rotatable bonds is 9. The molecule has 1 aromatic carbocycles. The number of halogens is 1. The molecule has 0 fully saturated rings. The normalized spacial score (nSPS) is 11.1. The highest BCUT2D eigenvalue weighted by Gasteiger charge is 2.20. The quantitative estimate of drug-likeness (QED) is 0.385. The average Bonchev–Trinajstić information content (AvgIpc) is 3.28. The lowest BCUT2D eigenvalue weighted by atomic mass is 10.1. The van der Waals surface area contributed by atoms with E-state index in [9.17, 15) is 0 Å². The van der Waals surface area contributed by atoms with Gasteiger partial charge >= 0.3 is 0 Å². The molecule has 8 nitrogen and oxygen atoms in total. The summed E-state index contributed by atoms with van der Waals surface area (Å²) in [4.78, 5) is 11.2. The van der Waals surface area contributed by atoms with Gasteiger partial charge in [-0.25, -0.2) is 9.37 Å². The lowest BCUT2D eigenvalue weighted by Gasteiger charge is -2.26. The highest BCUT2D eigenvalue weighted by atomic mass is 19.1. The van der Waals surface area contributed by atoms with Crippen molar-refractivity contribution in [3.8, 4) is 22.6 Å². The van der Waals surface area contributed by atoms with Crippen LogP contribution in [0, 0.1) is 5.82 Å². The Kier molecular flexibility index (Phi) is 6.69. The van der Waals surface area contributed by atoms with Crippen LogP contribution >= 0.6 is 0 Å². The fraction of sp³-hybridized carbons (Fsp3) is 0.292. The molecule has 4 rings (SSSR count). The minimum Gasteiger partial charge on any atom is -0.497 e. The molecule has 33 heavy (non-hydrogen) atoms. The Hall–Kier alpha value is -3.72. The van der Waals surface area contributed by atoms with Crippen molar-refractivity contribution in [2.75, 3.05) is 32.2 Å². The van der Waals surface area contributed by atoms with E-state index in [4.69, 9.17) is 20.2 Å². The van der Waals surface area contributed by atoms with Gasteiger partial charge in [0.1, 0.15) is 11.6 Å². The highest BCUT2D eigenvalue weighted by Crippen LogP contribution is 2.37. The van der Waals surface area contributed by atoms with Crippen LogP contribution in [0.2, 0.25) is 0 Å². The molecule has 0 spiro atoms. The molecule has 3 heterocycles. The smallest absolute Gasteiger partial charge is 0.188 e. The molecule has 2 N–H and O–H groups in total. The summed E-state index contributed by atoms with van der Waals surface area (Å²) in [5.41, 5.74) is 9.33. The molecule has 0 aliphatic carbocycles. The van der Waals surface area contributed by atoms with Gasteiger partial charge in [0.15, 0.2) is 11.6 Å². The SMILES string of the molecule is COc1cc(OC)c(F)c(N(CCCCN)c2ccc3ncc(-c4cnn(C)c4)cc3n2)c1. The van der Waals surface area contributed by atoms with Gasteiger partial charge in [0.05, 0.1) is 37.1 Å². The Morgan fingerprint density at radius 3 is 2.58 bits per heavy atom. The lowest BCUT2D eigenvalue weighted by molar-refractivity contribution is 0.374. The number of methoxy groups -OCH3 is 2. The first-order valence-corrected chi connectivity index (χ1v) is 10.7. The van der Waals surface area contributed by atoms with E-state index < -0.39 is 5.82 Å². The monoisotopic (exact) mass is 450 g/mol. The van der Waals surface area contributed by atoms with Crippen molar-refractivity contribution in [2.24, 2.45) is 12.8 Å². The van der Waals surface area contributed by atoms with Crippen LogP contribution in [0.3, 0.4) is 0 Å². The molecule has 0 atom stereocenters. The summed E-state index contributed by atoms with van der Waals surface area (Å²) >= 11 is 0. The zero-order valence-electron chi connectivity index (χ0n) is 19.0. The number of hydrogen-bond acceptors (Lipinski definition) is 7. The molecule has 3 aromatic heterocycles. The van der Waals surface area contributed by atoms with Gasteiger partial charge in [0.25, 0.3) is 0 Å². The Labute approximate surface area is 191 Å². The summed E-state index contributed by atoms with van der Waals surface area (Å²) in [6.45, 7) is 1.08. The van der Waals surface area contributed by atoms with E-state index in [-0.39, 0.29) is 5.75 Å². The van der Waals surface area contributed by atoms with Crippen LogP contribution < -0.4 is 20.1 Å². The van der Waals surface area contributed by atoms with Crippen LogP contribution in [-0.2, 0) is 7.05 Å². The average molecular weight is 451 g/mol. The van der Waals surface area contributed by atoms with Gasteiger partial charge in [-0.15, -0.1) is 0 Å². The number of pyridine rings is 2. The Bertz CT molecular complexity index is 1260. The molecule has 0 saturated carbocycles. The molecule has 0 radical (unpaired) electrons. The van der Waals surface area contributed by atoms with Crippen molar-refractivity contribution in [1.29, 1.82) is 0 Å². The summed E-state index contributed by atoms with van der Waals surface area (Å²) in [5, 5.41) is 4.23. The number of aryl methyl sites for hydroxylation is 1. The van der Waals surface area contributed by atoms with Crippen LogP contribution in [0.4, 0.5) is 15.9 Å². The third-order valence-corrected chi connectivity index (χ3v) is 5.41. The van der Waals surface area contributed by atoms with Gasteiger partial charge < -0.3 is 20.1 Å². The molecule has 9 heteroatoms. The number of unbranched alkanes of at least 4 members (excludes halogenated alkanes) is 1.